The fourth-order valence-corrected chi connectivity index (χ4v) is 3.94. The minimum Gasteiger partial charge on any atom is -0.311 e. The van der Waals surface area contributed by atoms with Crippen LogP contribution in [0.4, 0.5) is 13.2 Å². The second-order valence-corrected chi connectivity index (χ2v) is 6.45. The zero-order valence-corrected chi connectivity index (χ0v) is 11.8. The van der Waals surface area contributed by atoms with Crippen LogP contribution >= 0.6 is 11.8 Å². The van der Waals surface area contributed by atoms with Gasteiger partial charge in [0.2, 0.25) is 0 Å². The molecule has 7 heteroatoms. The van der Waals surface area contributed by atoms with Gasteiger partial charge in [-0.15, -0.1) is 0 Å². The number of nitrogens with zero attached hydrogens (tertiary/aromatic N) is 2. The molecule has 1 aromatic rings. The van der Waals surface area contributed by atoms with E-state index in [0.717, 1.165) is 25.0 Å². The molecule has 1 atom stereocenters. The minimum absolute atomic E-state index is 0.0112. The van der Waals surface area contributed by atoms with Crippen LogP contribution in [0.3, 0.4) is 0 Å². The van der Waals surface area contributed by atoms with E-state index in [1.165, 1.54) is 0 Å². The van der Waals surface area contributed by atoms with Gasteiger partial charge in [-0.2, -0.15) is 24.9 Å². The molecule has 1 aromatic heterocycles. The van der Waals surface area contributed by atoms with Gasteiger partial charge in [-0.1, -0.05) is 6.42 Å². The summed E-state index contributed by atoms with van der Waals surface area (Å²) in [6.07, 6.45) is -1.01. The molecular weight excluding hydrogens is 287 g/mol. The van der Waals surface area contributed by atoms with Crippen molar-refractivity contribution in [3.8, 4) is 0 Å². The Hall–Kier alpha value is -0.820. The van der Waals surface area contributed by atoms with Gasteiger partial charge >= 0.3 is 6.18 Å². The van der Waals surface area contributed by atoms with E-state index in [4.69, 9.17) is 0 Å². The summed E-state index contributed by atoms with van der Waals surface area (Å²) in [5, 5.41) is 3.10. The predicted molar refractivity (Wildman–Crippen MR) is 71.5 cm³/mol. The van der Waals surface area contributed by atoms with Crippen molar-refractivity contribution in [1.82, 2.24) is 15.3 Å². The summed E-state index contributed by atoms with van der Waals surface area (Å²) in [5.74, 6) is 1.34. The van der Waals surface area contributed by atoms with E-state index in [9.17, 15) is 13.2 Å². The van der Waals surface area contributed by atoms with Crippen LogP contribution in [0.2, 0.25) is 0 Å². The number of thioether (sulfide) groups is 1. The number of fused-ring (bicyclic) bond motifs is 1. The van der Waals surface area contributed by atoms with Gasteiger partial charge in [-0.05, 0) is 31.6 Å². The highest BCUT2D eigenvalue weighted by molar-refractivity contribution is 7.99. The number of alkyl halides is 3. The first-order valence-electron chi connectivity index (χ1n) is 6.85. The van der Waals surface area contributed by atoms with Gasteiger partial charge in [0.1, 0.15) is 5.82 Å². The normalized spacial score (nSPS) is 23.4. The van der Waals surface area contributed by atoms with Gasteiger partial charge in [0, 0.05) is 12.1 Å². The highest BCUT2D eigenvalue weighted by Crippen LogP contribution is 2.39. The Morgan fingerprint density at radius 1 is 1.20 bits per heavy atom. The molecule has 1 N–H and O–H groups in total. The number of hydrogen-bond acceptors (Lipinski definition) is 4. The van der Waals surface area contributed by atoms with Crippen molar-refractivity contribution < 1.29 is 13.2 Å². The average molecular weight is 303 g/mol. The van der Waals surface area contributed by atoms with Crippen LogP contribution in [0.5, 0.6) is 0 Å². The lowest BCUT2D eigenvalue weighted by Crippen LogP contribution is -2.29. The number of nitrogens with one attached hydrogen (secondary N) is 1. The van der Waals surface area contributed by atoms with Gasteiger partial charge in [-0.25, -0.2) is 9.97 Å². The summed E-state index contributed by atoms with van der Waals surface area (Å²) < 4.78 is 39.6. The minimum atomic E-state index is -4.39. The molecular formula is C13H16F3N3S. The molecule has 0 amide bonds. The van der Waals surface area contributed by atoms with Gasteiger partial charge in [-0.3, -0.25) is 0 Å². The Balaban J connectivity index is 2.03. The predicted octanol–water partition coefficient (Wildman–Crippen LogP) is 3.10. The number of aromatic nitrogens is 2. The molecule has 2 aliphatic rings. The quantitative estimate of drug-likeness (QED) is 0.865. The summed E-state index contributed by atoms with van der Waals surface area (Å²) in [6, 6.07) is 0. The third kappa shape index (κ3) is 2.79. The van der Waals surface area contributed by atoms with Crippen LogP contribution in [0.25, 0.3) is 0 Å². The number of rotatable bonds is 1. The smallest absolute Gasteiger partial charge is 0.311 e. The summed E-state index contributed by atoms with van der Waals surface area (Å²) in [4.78, 5) is 8.31. The Morgan fingerprint density at radius 3 is 2.75 bits per heavy atom. The van der Waals surface area contributed by atoms with Crippen LogP contribution in [0, 0.1) is 0 Å². The van der Waals surface area contributed by atoms with Crippen molar-refractivity contribution in [2.24, 2.45) is 0 Å². The molecule has 1 unspecified atom stereocenters. The van der Waals surface area contributed by atoms with Crippen LogP contribution in [0.15, 0.2) is 0 Å². The lowest BCUT2D eigenvalue weighted by atomic mass is 10.0. The van der Waals surface area contributed by atoms with Gasteiger partial charge < -0.3 is 5.32 Å². The van der Waals surface area contributed by atoms with E-state index >= 15 is 0 Å². The molecule has 0 bridgehead atoms. The van der Waals surface area contributed by atoms with Crippen molar-refractivity contribution in [3.05, 3.63) is 22.8 Å². The molecule has 1 fully saturated rings. The lowest BCUT2D eigenvalue weighted by Gasteiger charge is -2.25. The Morgan fingerprint density at radius 2 is 2.05 bits per heavy atom. The fraction of sp³-hybridized carbons (Fsp3) is 0.692. The molecule has 1 saturated heterocycles. The highest BCUT2D eigenvalue weighted by Gasteiger charge is 2.38. The summed E-state index contributed by atoms with van der Waals surface area (Å²) in [6.45, 7) is 0.961. The first-order chi connectivity index (χ1) is 9.55. The van der Waals surface area contributed by atoms with Crippen molar-refractivity contribution in [1.29, 1.82) is 0 Å². The van der Waals surface area contributed by atoms with Crippen molar-refractivity contribution in [2.75, 3.05) is 12.3 Å². The topological polar surface area (TPSA) is 37.8 Å². The fourth-order valence-electron chi connectivity index (χ4n) is 2.70. The highest BCUT2D eigenvalue weighted by atomic mass is 32.2. The van der Waals surface area contributed by atoms with E-state index in [1.807, 2.05) is 0 Å². The molecule has 3 rings (SSSR count). The summed E-state index contributed by atoms with van der Waals surface area (Å²) >= 11 is 1.67. The summed E-state index contributed by atoms with van der Waals surface area (Å²) in [7, 11) is 0. The molecule has 2 aliphatic heterocycles. The van der Waals surface area contributed by atoms with E-state index in [2.05, 4.69) is 15.3 Å². The molecule has 0 aromatic carbocycles. The zero-order chi connectivity index (χ0) is 14.2. The maximum atomic E-state index is 13.2. The second kappa shape index (κ2) is 5.52. The maximum absolute atomic E-state index is 13.2. The molecule has 0 aliphatic carbocycles. The first kappa shape index (κ1) is 14.1. The molecule has 0 saturated carbocycles. The van der Waals surface area contributed by atoms with Crippen molar-refractivity contribution in [3.63, 3.8) is 0 Å². The monoisotopic (exact) mass is 303 g/mol. The largest absolute Gasteiger partial charge is 0.433 e. The molecule has 3 nitrogen and oxygen atoms in total. The molecule has 0 spiro atoms. The maximum Gasteiger partial charge on any atom is 0.433 e. The van der Waals surface area contributed by atoms with E-state index in [-0.39, 0.29) is 10.8 Å². The van der Waals surface area contributed by atoms with Crippen LogP contribution in [-0.2, 0) is 19.1 Å². The third-order valence-corrected chi connectivity index (χ3v) is 5.06. The zero-order valence-electron chi connectivity index (χ0n) is 11.0. The number of hydrogen-bond donors (Lipinski definition) is 1. The van der Waals surface area contributed by atoms with Gasteiger partial charge in [0.15, 0.2) is 5.69 Å². The van der Waals surface area contributed by atoms with Crippen molar-refractivity contribution >= 4 is 11.8 Å². The van der Waals surface area contributed by atoms with E-state index in [1.54, 1.807) is 11.8 Å². The van der Waals surface area contributed by atoms with E-state index < -0.39 is 11.9 Å². The van der Waals surface area contributed by atoms with Gasteiger partial charge in [0.25, 0.3) is 0 Å². The van der Waals surface area contributed by atoms with Crippen LogP contribution < -0.4 is 5.32 Å². The van der Waals surface area contributed by atoms with Crippen LogP contribution in [-0.4, -0.2) is 22.3 Å². The standard InChI is InChI=1S/C13H16F3N3S/c14-13(15,16)11-8-4-5-17-7-9(8)18-12(19-11)10-3-1-2-6-20-10/h10,17H,1-7H2. The van der Waals surface area contributed by atoms with Crippen molar-refractivity contribution in [2.45, 2.75) is 43.7 Å². The average Bonchev–Trinajstić information content (AvgIpc) is 2.46. The Labute approximate surface area is 119 Å². The molecule has 20 heavy (non-hydrogen) atoms. The summed E-state index contributed by atoms with van der Waals surface area (Å²) in [5.41, 5.74) is 0.0886. The molecule has 0 radical (unpaired) electrons. The lowest BCUT2D eigenvalue weighted by molar-refractivity contribution is -0.142. The third-order valence-electron chi connectivity index (χ3n) is 3.69. The van der Waals surface area contributed by atoms with Crippen LogP contribution in [0.1, 0.15) is 47.3 Å². The molecule has 3 heterocycles. The van der Waals surface area contributed by atoms with Gasteiger partial charge in [0.05, 0.1) is 10.9 Å². The second-order valence-electron chi connectivity index (χ2n) is 5.14. The Kier molecular flexibility index (Phi) is 3.90. The van der Waals surface area contributed by atoms with E-state index in [0.29, 0.717) is 31.0 Å². The first-order valence-corrected chi connectivity index (χ1v) is 7.90. The SMILES string of the molecule is FC(F)(F)c1nc(C2CCCCS2)nc2c1CCNC2. The Bertz CT molecular complexity index is 498. The molecule has 110 valence electrons. The number of halogens is 3.